The second-order valence-corrected chi connectivity index (χ2v) is 3.41. The van der Waals surface area contributed by atoms with Gasteiger partial charge in [0.1, 0.15) is 0 Å². The highest BCUT2D eigenvalue weighted by atomic mass is 35.5. The van der Waals surface area contributed by atoms with E-state index < -0.39 is 0 Å². The molecule has 0 amide bonds. The maximum atomic E-state index is 3.97. The van der Waals surface area contributed by atoms with E-state index in [1.807, 2.05) is 42.5 Å². The number of hydrogen-bond acceptors (Lipinski definition) is 1. The number of halogens is 1. The molecule has 0 saturated heterocycles. The maximum absolute atomic E-state index is 3.97. The Morgan fingerprint density at radius 1 is 0.706 bits per heavy atom. The smallest absolute Gasteiger partial charge is 0.0273 e. The molecule has 17 heavy (non-hydrogen) atoms. The van der Waals surface area contributed by atoms with Gasteiger partial charge < -0.3 is 0 Å². The molecule has 1 aromatic carbocycles. The highest BCUT2D eigenvalue weighted by molar-refractivity contribution is 5.85. The van der Waals surface area contributed by atoms with E-state index in [9.17, 15) is 0 Å². The Labute approximate surface area is 108 Å². The summed E-state index contributed by atoms with van der Waals surface area (Å²) in [5.41, 5.74) is 2.37. The van der Waals surface area contributed by atoms with Crippen LogP contribution >= 0.6 is 12.4 Å². The third kappa shape index (κ3) is 4.66. The molecule has 2 rings (SSSR count). The molecule has 0 aliphatic rings. The van der Waals surface area contributed by atoms with Gasteiger partial charge in [-0.2, -0.15) is 0 Å². The van der Waals surface area contributed by atoms with Crippen LogP contribution in [0.5, 0.6) is 0 Å². The summed E-state index contributed by atoms with van der Waals surface area (Å²) >= 11 is 0. The third-order valence-corrected chi connectivity index (χ3v) is 2.19. The van der Waals surface area contributed by atoms with Gasteiger partial charge >= 0.3 is 0 Å². The Morgan fingerprint density at radius 2 is 1.24 bits per heavy atom. The van der Waals surface area contributed by atoms with Crippen molar-refractivity contribution < 1.29 is 0 Å². The molecule has 0 radical (unpaired) electrons. The Kier molecular flexibility index (Phi) is 5.76. The molecule has 0 N–H and O–H groups in total. The van der Waals surface area contributed by atoms with E-state index in [0.717, 1.165) is 5.56 Å². The van der Waals surface area contributed by atoms with Gasteiger partial charge in [0.05, 0.1) is 0 Å². The van der Waals surface area contributed by atoms with Gasteiger partial charge in [0.15, 0.2) is 0 Å². The van der Waals surface area contributed by atoms with Crippen LogP contribution in [0.2, 0.25) is 0 Å². The number of aromatic nitrogens is 1. The van der Waals surface area contributed by atoms with E-state index in [2.05, 4.69) is 29.3 Å². The summed E-state index contributed by atoms with van der Waals surface area (Å²) in [6.07, 6.45) is 11.8. The Balaban J connectivity index is 0.00000144. The molecule has 0 aliphatic carbocycles. The van der Waals surface area contributed by atoms with Gasteiger partial charge in [0.25, 0.3) is 0 Å². The summed E-state index contributed by atoms with van der Waals surface area (Å²) in [5.74, 6) is 0. The molecular weight excluding hydrogens is 230 g/mol. The van der Waals surface area contributed by atoms with Crippen LogP contribution in [-0.2, 0) is 0 Å². The number of allylic oxidation sites excluding steroid dienone is 2. The van der Waals surface area contributed by atoms with Crippen molar-refractivity contribution in [1.82, 2.24) is 4.98 Å². The van der Waals surface area contributed by atoms with Crippen LogP contribution in [0.3, 0.4) is 0 Å². The average Bonchev–Trinajstić information content (AvgIpc) is 2.37. The topological polar surface area (TPSA) is 12.9 Å². The number of pyridine rings is 1. The monoisotopic (exact) mass is 243 g/mol. The molecule has 2 heteroatoms. The first-order chi connectivity index (χ1) is 7.95. The minimum Gasteiger partial charge on any atom is -0.265 e. The van der Waals surface area contributed by atoms with Crippen LogP contribution in [0.4, 0.5) is 0 Å². The van der Waals surface area contributed by atoms with E-state index in [4.69, 9.17) is 0 Å². The SMILES string of the molecule is C(/C=C\c1ccncc1)=C/c1ccccc1.Cl. The summed E-state index contributed by atoms with van der Waals surface area (Å²) in [7, 11) is 0. The minimum atomic E-state index is 0. The van der Waals surface area contributed by atoms with E-state index in [-0.39, 0.29) is 12.4 Å². The fourth-order valence-corrected chi connectivity index (χ4v) is 1.37. The predicted octanol–water partition coefficient (Wildman–Crippen LogP) is 4.23. The fourth-order valence-electron chi connectivity index (χ4n) is 1.37. The van der Waals surface area contributed by atoms with E-state index >= 15 is 0 Å². The van der Waals surface area contributed by atoms with Gasteiger partial charge in [-0.1, -0.05) is 54.6 Å². The van der Waals surface area contributed by atoms with Gasteiger partial charge in [0.2, 0.25) is 0 Å². The van der Waals surface area contributed by atoms with Gasteiger partial charge in [-0.05, 0) is 23.3 Å². The molecule has 0 bridgehead atoms. The Hall–Kier alpha value is -1.86. The Bertz CT molecular complexity index is 427. The summed E-state index contributed by atoms with van der Waals surface area (Å²) < 4.78 is 0. The van der Waals surface area contributed by atoms with Crippen LogP contribution in [0.1, 0.15) is 11.1 Å². The molecule has 0 saturated carbocycles. The van der Waals surface area contributed by atoms with Gasteiger partial charge in [-0.25, -0.2) is 0 Å². The zero-order chi connectivity index (χ0) is 11.1. The summed E-state index contributed by atoms with van der Waals surface area (Å²) in [4.78, 5) is 3.97. The first-order valence-corrected chi connectivity index (χ1v) is 5.25. The quantitative estimate of drug-likeness (QED) is 0.736. The van der Waals surface area contributed by atoms with Crippen molar-refractivity contribution >= 4 is 24.6 Å². The molecule has 2 aromatic rings. The zero-order valence-electron chi connectivity index (χ0n) is 9.36. The van der Waals surface area contributed by atoms with Crippen LogP contribution in [0.25, 0.3) is 12.2 Å². The molecule has 0 spiro atoms. The molecule has 1 nitrogen and oxygen atoms in total. The lowest BCUT2D eigenvalue weighted by molar-refractivity contribution is 1.32. The van der Waals surface area contributed by atoms with Crippen molar-refractivity contribution in [3.63, 3.8) is 0 Å². The van der Waals surface area contributed by atoms with Crippen LogP contribution in [-0.4, -0.2) is 4.98 Å². The van der Waals surface area contributed by atoms with Crippen molar-refractivity contribution in [2.75, 3.05) is 0 Å². The maximum Gasteiger partial charge on any atom is 0.0273 e. The van der Waals surface area contributed by atoms with Crippen molar-refractivity contribution in [2.45, 2.75) is 0 Å². The molecule has 1 heterocycles. The van der Waals surface area contributed by atoms with Crippen molar-refractivity contribution in [2.24, 2.45) is 0 Å². The lowest BCUT2D eigenvalue weighted by Crippen LogP contribution is -1.71. The molecule has 0 unspecified atom stereocenters. The first-order valence-electron chi connectivity index (χ1n) is 5.25. The highest BCUT2D eigenvalue weighted by Crippen LogP contribution is 2.03. The summed E-state index contributed by atoms with van der Waals surface area (Å²) in [5, 5.41) is 0. The van der Waals surface area contributed by atoms with E-state index in [0.29, 0.717) is 0 Å². The number of rotatable bonds is 3. The fraction of sp³-hybridized carbons (Fsp3) is 0. The predicted molar refractivity (Wildman–Crippen MR) is 76.0 cm³/mol. The zero-order valence-corrected chi connectivity index (χ0v) is 10.2. The second kappa shape index (κ2) is 7.42. The first kappa shape index (κ1) is 13.2. The molecule has 0 aliphatic heterocycles. The molecule has 0 atom stereocenters. The largest absolute Gasteiger partial charge is 0.265 e. The van der Waals surface area contributed by atoms with Gasteiger partial charge in [0, 0.05) is 12.4 Å². The molecular formula is C15H14ClN. The number of hydrogen-bond donors (Lipinski definition) is 0. The van der Waals surface area contributed by atoms with Gasteiger partial charge in [-0.15, -0.1) is 12.4 Å². The average molecular weight is 244 g/mol. The van der Waals surface area contributed by atoms with Crippen molar-refractivity contribution in [1.29, 1.82) is 0 Å². The number of nitrogens with zero attached hydrogens (tertiary/aromatic N) is 1. The third-order valence-electron chi connectivity index (χ3n) is 2.19. The lowest BCUT2D eigenvalue weighted by Gasteiger charge is -1.90. The van der Waals surface area contributed by atoms with Gasteiger partial charge in [-0.3, -0.25) is 4.98 Å². The lowest BCUT2D eigenvalue weighted by atomic mass is 10.2. The Morgan fingerprint density at radius 3 is 1.82 bits per heavy atom. The van der Waals surface area contributed by atoms with Crippen LogP contribution in [0.15, 0.2) is 67.0 Å². The highest BCUT2D eigenvalue weighted by Gasteiger charge is 1.82. The second-order valence-electron chi connectivity index (χ2n) is 3.41. The van der Waals surface area contributed by atoms with E-state index in [1.165, 1.54) is 5.56 Å². The minimum absolute atomic E-state index is 0. The standard InChI is InChI=1S/C15H13N.ClH/c1-2-6-14(7-3-1)8-4-5-9-15-10-12-16-13-11-15;/h1-13H;1H/b8-4-,9-5-;. The summed E-state index contributed by atoms with van der Waals surface area (Å²) in [6.45, 7) is 0. The molecule has 0 fully saturated rings. The van der Waals surface area contributed by atoms with Crippen molar-refractivity contribution in [3.05, 3.63) is 78.1 Å². The normalized spacial score (nSPS) is 10.6. The van der Waals surface area contributed by atoms with Crippen LogP contribution in [0, 0.1) is 0 Å². The van der Waals surface area contributed by atoms with Crippen molar-refractivity contribution in [3.8, 4) is 0 Å². The molecule has 1 aromatic heterocycles. The van der Waals surface area contributed by atoms with Crippen LogP contribution < -0.4 is 0 Å². The van der Waals surface area contributed by atoms with E-state index in [1.54, 1.807) is 12.4 Å². The molecule has 86 valence electrons. The number of benzene rings is 1. The summed E-state index contributed by atoms with van der Waals surface area (Å²) in [6, 6.07) is 14.2.